The summed E-state index contributed by atoms with van der Waals surface area (Å²) in [5.74, 6) is 0.820. The highest BCUT2D eigenvalue weighted by molar-refractivity contribution is 5.83. The van der Waals surface area contributed by atoms with E-state index in [0.717, 1.165) is 31.5 Å². The zero-order valence-electron chi connectivity index (χ0n) is 12.8. The van der Waals surface area contributed by atoms with Gasteiger partial charge in [-0.3, -0.25) is 4.79 Å². The standard InChI is InChI=1S/C17H26N2O/c1-4-15(14-8-6-5-7-9-14)17(20)19-11-10-16(18-3)13(2)12-19/h5-9,13,15-16,18H,4,10-12H2,1-3H3. The maximum absolute atomic E-state index is 12.8. The smallest absolute Gasteiger partial charge is 0.230 e. The molecule has 0 spiro atoms. The monoisotopic (exact) mass is 274 g/mol. The van der Waals surface area contributed by atoms with Gasteiger partial charge in [0.2, 0.25) is 5.91 Å². The highest BCUT2D eigenvalue weighted by atomic mass is 16.2. The quantitative estimate of drug-likeness (QED) is 0.915. The number of rotatable bonds is 4. The third-order valence-electron chi connectivity index (χ3n) is 4.50. The van der Waals surface area contributed by atoms with Gasteiger partial charge in [0.15, 0.2) is 0 Å². The Bertz CT molecular complexity index is 432. The average molecular weight is 274 g/mol. The van der Waals surface area contributed by atoms with Crippen molar-refractivity contribution in [2.45, 2.75) is 38.6 Å². The maximum Gasteiger partial charge on any atom is 0.230 e. The maximum atomic E-state index is 12.8. The fourth-order valence-electron chi connectivity index (χ4n) is 3.23. The molecule has 1 aliphatic heterocycles. The van der Waals surface area contributed by atoms with Crippen LogP contribution in [0.3, 0.4) is 0 Å². The van der Waals surface area contributed by atoms with Crippen LogP contribution in [0.4, 0.5) is 0 Å². The summed E-state index contributed by atoms with van der Waals surface area (Å²) in [4.78, 5) is 14.8. The first-order chi connectivity index (χ1) is 9.67. The van der Waals surface area contributed by atoms with Crippen molar-refractivity contribution in [3.63, 3.8) is 0 Å². The molecule has 110 valence electrons. The van der Waals surface area contributed by atoms with E-state index in [1.54, 1.807) is 0 Å². The fraction of sp³-hybridized carbons (Fsp3) is 0.588. The average Bonchev–Trinajstić information content (AvgIpc) is 2.49. The third-order valence-corrected chi connectivity index (χ3v) is 4.50. The van der Waals surface area contributed by atoms with Gasteiger partial charge < -0.3 is 10.2 Å². The highest BCUT2D eigenvalue weighted by Crippen LogP contribution is 2.25. The van der Waals surface area contributed by atoms with Gasteiger partial charge in [-0.2, -0.15) is 0 Å². The lowest BCUT2D eigenvalue weighted by atomic mass is 9.90. The van der Waals surface area contributed by atoms with E-state index in [9.17, 15) is 4.79 Å². The van der Waals surface area contributed by atoms with Crippen molar-refractivity contribution in [1.29, 1.82) is 0 Å². The molecule has 2 rings (SSSR count). The summed E-state index contributed by atoms with van der Waals surface area (Å²) in [6.45, 7) is 6.06. The zero-order chi connectivity index (χ0) is 14.5. The Balaban J connectivity index is 2.07. The Morgan fingerprint density at radius 1 is 1.40 bits per heavy atom. The summed E-state index contributed by atoms with van der Waals surface area (Å²) in [6, 6.07) is 10.7. The predicted octanol–water partition coefficient (Wildman–Crippen LogP) is 2.64. The molecule has 1 aliphatic rings. The molecule has 1 fully saturated rings. The van der Waals surface area contributed by atoms with Gasteiger partial charge in [0.1, 0.15) is 0 Å². The normalized spacial score (nSPS) is 24.4. The molecule has 3 unspecified atom stereocenters. The minimum absolute atomic E-state index is 0.00883. The van der Waals surface area contributed by atoms with Gasteiger partial charge in [-0.1, -0.05) is 44.2 Å². The number of hydrogen-bond donors (Lipinski definition) is 1. The topological polar surface area (TPSA) is 32.3 Å². The van der Waals surface area contributed by atoms with Crippen LogP contribution in [0.2, 0.25) is 0 Å². The second kappa shape index (κ2) is 6.89. The number of carbonyl (C=O) groups excluding carboxylic acids is 1. The van der Waals surface area contributed by atoms with Gasteiger partial charge in [-0.05, 0) is 31.4 Å². The second-order valence-corrected chi connectivity index (χ2v) is 5.82. The number of hydrogen-bond acceptors (Lipinski definition) is 2. The van der Waals surface area contributed by atoms with E-state index in [2.05, 4.69) is 36.2 Å². The molecule has 1 aromatic rings. The predicted molar refractivity (Wildman–Crippen MR) is 82.7 cm³/mol. The van der Waals surface area contributed by atoms with Crippen LogP contribution in [0.5, 0.6) is 0 Å². The van der Waals surface area contributed by atoms with E-state index < -0.39 is 0 Å². The summed E-state index contributed by atoms with van der Waals surface area (Å²) in [5.41, 5.74) is 1.14. The number of amides is 1. The van der Waals surface area contributed by atoms with Crippen LogP contribution in [0.25, 0.3) is 0 Å². The number of likely N-dealkylation sites (tertiary alicyclic amines) is 1. The van der Waals surface area contributed by atoms with E-state index in [1.165, 1.54) is 0 Å². The van der Waals surface area contributed by atoms with Crippen molar-refractivity contribution in [2.75, 3.05) is 20.1 Å². The van der Waals surface area contributed by atoms with Gasteiger partial charge >= 0.3 is 0 Å². The highest BCUT2D eigenvalue weighted by Gasteiger charge is 2.31. The molecule has 0 aromatic heterocycles. The summed E-state index contributed by atoms with van der Waals surface area (Å²) in [6.07, 6.45) is 1.91. The van der Waals surface area contributed by atoms with E-state index in [4.69, 9.17) is 0 Å². The van der Waals surface area contributed by atoms with Gasteiger partial charge in [-0.25, -0.2) is 0 Å². The molecule has 1 N–H and O–H groups in total. The SMILES string of the molecule is CCC(C(=O)N1CCC(NC)C(C)C1)c1ccccc1. The van der Waals surface area contributed by atoms with Crippen molar-refractivity contribution in [2.24, 2.45) is 5.92 Å². The molecular formula is C17H26N2O. The lowest BCUT2D eigenvalue weighted by molar-refractivity contribution is -0.135. The number of benzene rings is 1. The minimum Gasteiger partial charge on any atom is -0.342 e. The molecule has 1 aromatic carbocycles. The van der Waals surface area contributed by atoms with Crippen LogP contribution in [0.15, 0.2) is 30.3 Å². The molecule has 1 saturated heterocycles. The molecule has 1 amide bonds. The Labute approximate surface area is 122 Å². The number of piperidine rings is 1. The van der Waals surface area contributed by atoms with E-state index >= 15 is 0 Å². The van der Waals surface area contributed by atoms with Crippen molar-refractivity contribution in [3.05, 3.63) is 35.9 Å². The van der Waals surface area contributed by atoms with E-state index in [0.29, 0.717) is 17.9 Å². The van der Waals surface area contributed by atoms with Crippen LogP contribution < -0.4 is 5.32 Å². The summed E-state index contributed by atoms with van der Waals surface area (Å²) in [7, 11) is 2.01. The number of nitrogens with one attached hydrogen (secondary N) is 1. The third kappa shape index (κ3) is 3.21. The summed E-state index contributed by atoms with van der Waals surface area (Å²) < 4.78 is 0. The summed E-state index contributed by atoms with van der Waals surface area (Å²) >= 11 is 0. The Hall–Kier alpha value is -1.35. The lowest BCUT2D eigenvalue weighted by Crippen LogP contribution is -2.50. The molecule has 0 radical (unpaired) electrons. The first-order valence-electron chi connectivity index (χ1n) is 7.68. The molecule has 0 saturated carbocycles. The molecule has 1 heterocycles. The molecule has 0 aliphatic carbocycles. The first kappa shape index (κ1) is 15.0. The lowest BCUT2D eigenvalue weighted by Gasteiger charge is -2.38. The van der Waals surface area contributed by atoms with Crippen molar-refractivity contribution >= 4 is 5.91 Å². The van der Waals surface area contributed by atoms with Gasteiger partial charge in [0.05, 0.1) is 5.92 Å². The second-order valence-electron chi connectivity index (χ2n) is 5.82. The van der Waals surface area contributed by atoms with Crippen LogP contribution in [0, 0.1) is 5.92 Å². The van der Waals surface area contributed by atoms with Crippen molar-refractivity contribution in [3.8, 4) is 0 Å². The van der Waals surface area contributed by atoms with E-state index in [-0.39, 0.29) is 5.92 Å². The number of nitrogens with zero attached hydrogens (tertiary/aromatic N) is 1. The largest absolute Gasteiger partial charge is 0.342 e. The first-order valence-corrected chi connectivity index (χ1v) is 7.68. The molecular weight excluding hydrogens is 248 g/mol. The minimum atomic E-state index is 0.00883. The molecule has 3 nitrogen and oxygen atoms in total. The van der Waals surface area contributed by atoms with Crippen LogP contribution in [-0.4, -0.2) is 37.0 Å². The Kier molecular flexibility index (Phi) is 5.18. The van der Waals surface area contributed by atoms with Crippen molar-refractivity contribution in [1.82, 2.24) is 10.2 Å². The van der Waals surface area contributed by atoms with Crippen LogP contribution in [-0.2, 0) is 4.79 Å². The van der Waals surface area contributed by atoms with Crippen LogP contribution in [0.1, 0.15) is 38.2 Å². The molecule has 3 atom stereocenters. The molecule has 20 heavy (non-hydrogen) atoms. The Morgan fingerprint density at radius 2 is 2.10 bits per heavy atom. The van der Waals surface area contributed by atoms with Crippen molar-refractivity contribution < 1.29 is 4.79 Å². The molecule has 3 heteroatoms. The van der Waals surface area contributed by atoms with Gasteiger partial charge in [0.25, 0.3) is 0 Å². The fourth-order valence-corrected chi connectivity index (χ4v) is 3.23. The van der Waals surface area contributed by atoms with Crippen LogP contribution >= 0.6 is 0 Å². The number of carbonyl (C=O) groups is 1. The molecule has 0 bridgehead atoms. The summed E-state index contributed by atoms with van der Waals surface area (Å²) in [5, 5.41) is 3.35. The Morgan fingerprint density at radius 3 is 2.65 bits per heavy atom. The van der Waals surface area contributed by atoms with E-state index in [1.807, 2.05) is 25.2 Å². The van der Waals surface area contributed by atoms with Gasteiger partial charge in [-0.15, -0.1) is 0 Å². The van der Waals surface area contributed by atoms with Gasteiger partial charge in [0, 0.05) is 19.1 Å². The zero-order valence-corrected chi connectivity index (χ0v) is 12.8.